The van der Waals surface area contributed by atoms with Gasteiger partial charge in [0.05, 0.1) is 16.8 Å². The lowest BCUT2D eigenvalue weighted by atomic mass is 10.1. The highest BCUT2D eigenvalue weighted by Crippen LogP contribution is 2.10. The monoisotopic (exact) mass is 183 g/mol. The summed E-state index contributed by atoms with van der Waals surface area (Å²) in [5.41, 5.74) is 0.979. The van der Waals surface area contributed by atoms with Crippen molar-refractivity contribution in [1.29, 1.82) is 0 Å². The van der Waals surface area contributed by atoms with Crippen LogP contribution in [0.1, 0.15) is 17.1 Å². The van der Waals surface area contributed by atoms with E-state index in [0.29, 0.717) is 12.8 Å². The lowest BCUT2D eigenvalue weighted by Gasteiger charge is -2.03. The van der Waals surface area contributed by atoms with Crippen LogP contribution in [0.5, 0.6) is 0 Å². The van der Waals surface area contributed by atoms with Crippen LogP contribution in [-0.2, 0) is 6.42 Å². The van der Waals surface area contributed by atoms with E-state index in [2.05, 4.69) is 11.6 Å². The first-order valence-electron chi connectivity index (χ1n) is 3.92. The van der Waals surface area contributed by atoms with Gasteiger partial charge in [0.2, 0.25) is 0 Å². The van der Waals surface area contributed by atoms with Crippen LogP contribution < -0.4 is 0 Å². The summed E-state index contributed by atoms with van der Waals surface area (Å²) in [5.74, 6) is 0. The molecule has 0 amide bonds. The maximum absolute atomic E-state index is 9.41. The number of nitrogens with zero attached hydrogens (tertiary/aromatic N) is 1. The minimum Gasteiger partial charge on any atom is -0.392 e. The molecule has 2 nitrogen and oxygen atoms in total. The minimum absolute atomic E-state index is 0.330. The first-order valence-corrected chi connectivity index (χ1v) is 4.80. The number of aryl methyl sites for hydroxylation is 1. The van der Waals surface area contributed by atoms with Crippen LogP contribution in [-0.4, -0.2) is 16.2 Å². The average Bonchev–Trinajstić information content (AvgIpc) is 2.36. The average molecular weight is 183 g/mol. The summed E-state index contributed by atoms with van der Waals surface area (Å²) in [5, 5.41) is 12.4. The van der Waals surface area contributed by atoms with Crippen molar-refractivity contribution in [2.45, 2.75) is 25.9 Å². The Bertz CT molecular complexity index is 257. The number of hydrogen-bond donors (Lipinski definition) is 1. The summed E-state index contributed by atoms with van der Waals surface area (Å²) < 4.78 is 0. The molecule has 0 aliphatic carbocycles. The molecule has 0 radical (unpaired) electrons. The van der Waals surface area contributed by atoms with E-state index in [9.17, 15) is 5.11 Å². The third-order valence-corrected chi connectivity index (χ3v) is 2.37. The van der Waals surface area contributed by atoms with Crippen molar-refractivity contribution >= 4 is 11.3 Å². The normalized spacial score (nSPS) is 12.8. The molecule has 0 saturated heterocycles. The molecule has 0 fully saturated rings. The lowest BCUT2D eigenvalue weighted by Crippen LogP contribution is -2.08. The van der Waals surface area contributed by atoms with Gasteiger partial charge in [0.1, 0.15) is 0 Å². The second-order valence-corrected chi connectivity index (χ2v) is 3.80. The van der Waals surface area contributed by atoms with Gasteiger partial charge < -0.3 is 5.11 Å². The molecular weight excluding hydrogens is 170 g/mol. The van der Waals surface area contributed by atoms with Gasteiger partial charge in [-0.25, -0.2) is 4.98 Å². The van der Waals surface area contributed by atoms with Crippen LogP contribution in [0.15, 0.2) is 18.0 Å². The predicted octanol–water partition coefficient (Wildman–Crippen LogP) is 1.93. The Morgan fingerprint density at radius 3 is 3.08 bits per heavy atom. The lowest BCUT2D eigenvalue weighted by molar-refractivity contribution is 0.177. The van der Waals surface area contributed by atoms with E-state index >= 15 is 0 Å². The summed E-state index contributed by atoms with van der Waals surface area (Å²) >= 11 is 1.62. The summed E-state index contributed by atoms with van der Waals surface area (Å²) in [6, 6.07) is 0. The van der Waals surface area contributed by atoms with Gasteiger partial charge in [-0.15, -0.1) is 17.9 Å². The number of aromatic nitrogens is 1. The molecule has 0 spiro atoms. The number of thiazole rings is 1. The number of rotatable bonds is 4. The SMILES string of the molecule is C=CCC(O)Cc1csc(C)n1. The van der Waals surface area contributed by atoms with Crippen LogP contribution >= 0.6 is 11.3 Å². The molecule has 66 valence electrons. The van der Waals surface area contributed by atoms with Crippen molar-refractivity contribution < 1.29 is 5.11 Å². The molecule has 0 saturated carbocycles. The van der Waals surface area contributed by atoms with Gasteiger partial charge >= 0.3 is 0 Å². The van der Waals surface area contributed by atoms with Gasteiger partial charge in [0.25, 0.3) is 0 Å². The Morgan fingerprint density at radius 1 is 1.83 bits per heavy atom. The van der Waals surface area contributed by atoms with E-state index < -0.39 is 0 Å². The molecule has 1 aromatic heterocycles. The van der Waals surface area contributed by atoms with Crippen LogP contribution in [0.2, 0.25) is 0 Å². The first kappa shape index (κ1) is 9.42. The molecule has 12 heavy (non-hydrogen) atoms. The number of aliphatic hydroxyl groups excluding tert-OH is 1. The molecule has 0 aliphatic heterocycles. The van der Waals surface area contributed by atoms with E-state index in [-0.39, 0.29) is 6.10 Å². The van der Waals surface area contributed by atoms with E-state index in [0.717, 1.165) is 10.7 Å². The topological polar surface area (TPSA) is 33.1 Å². The molecule has 1 rings (SSSR count). The van der Waals surface area contributed by atoms with Crippen molar-refractivity contribution in [2.24, 2.45) is 0 Å². The summed E-state index contributed by atoms with van der Waals surface area (Å²) in [6.45, 7) is 5.54. The zero-order valence-corrected chi connectivity index (χ0v) is 7.97. The summed E-state index contributed by atoms with van der Waals surface area (Å²) in [6.07, 6.45) is 2.67. The standard InChI is InChI=1S/C9H13NOS/c1-3-4-9(11)5-8-6-12-7(2)10-8/h3,6,9,11H,1,4-5H2,2H3. The fourth-order valence-corrected chi connectivity index (χ4v) is 1.64. The Morgan fingerprint density at radius 2 is 2.58 bits per heavy atom. The largest absolute Gasteiger partial charge is 0.392 e. The van der Waals surface area contributed by atoms with E-state index in [1.165, 1.54) is 0 Å². The molecule has 1 aromatic rings. The molecule has 1 unspecified atom stereocenters. The van der Waals surface area contributed by atoms with Crippen LogP contribution in [0, 0.1) is 6.92 Å². The molecule has 0 aromatic carbocycles. The van der Waals surface area contributed by atoms with Gasteiger partial charge in [0, 0.05) is 11.8 Å². The van der Waals surface area contributed by atoms with Crippen molar-refractivity contribution in [3.63, 3.8) is 0 Å². The van der Waals surface area contributed by atoms with E-state index in [1.807, 2.05) is 12.3 Å². The molecule has 3 heteroatoms. The molecule has 1 heterocycles. The fourth-order valence-electron chi connectivity index (χ4n) is 1.02. The Balaban J connectivity index is 2.46. The highest BCUT2D eigenvalue weighted by Gasteiger charge is 2.05. The Labute approximate surface area is 76.6 Å². The van der Waals surface area contributed by atoms with Crippen LogP contribution in [0.4, 0.5) is 0 Å². The predicted molar refractivity (Wildman–Crippen MR) is 51.4 cm³/mol. The number of hydrogen-bond acceptors (Lipinski definition) is 3. The number of aliphatic hydroxyl groups is 1. The second kappa shape index (κ2) is 4.38. The highest BCUT2D eigenvalue weighted by atomic mass is 32.1. The molecular formula is C9H13NOS. The summed E-state index contributed by atoms with van der Waals surface area (Å²) in [7, 11) is 0. The Hall–Kier alpha value is -0.670. The third kappa shape index (κ3) is 2.75. The quantitative estimate of drug-likeness (QED) is 0.723. The molecule has 1 N–H and O–H groups in total. The molecule has 0 aliphatic rings. The van der Waals surface area contributed by atoms with Crippen molar-refractivity contribution in [3.8, 4) is 0 Å². The fraction of sp³-hybridized carbons (Fsp3) is 0.444. The van der Waals surface area contributed by atoms with Crippen molar-refractivity contribution in [2.75, 3.05) is 0 Å². The Kier molecular flexibility index (Phi) is 3.44. The van der Waals surface area contributed by atoms with Gasteiger partial charge in [0.15, 0.2) is 0 Å². The van der Waals surface area contributed by atoms with Gasteiger partial charge in [-0.3, -0.25) is 0 Å². The third-order valence-electron chi connectivity index (χ3n) is 1.55. The van der Waals surface area contributed by atoms with Gasteiger partial charge in [-0.05, 0) is 13.3 Å². The van der Waals surface area contributed by atoms with Crippen molar-refractivity contribution in [1.82, 2.24) is 4.98 Å². The van der Waals surface area contributed by atoms with E-state index in [4.69, 9.17) is 0 Å². The zero-order valence-electron chi connectivity index (χ0n) is 7.16. The smallest absolute Gasteiger partial charge is 0.0897 e. The van der Waals surface area contributed by atoms with Gasteiger partial charge in [-0.1, -0.05) is 6.08 Å². The van der Waals surface area contributed by atoms with Crippen LogP contribution in [0.3, 0.4) is 0 Å². The van der Waals surface area contributed by atoms with Gasteiger partial charge in [-0.2, -0.15) is 0 Å². The van der Waals surface area contributed by atoms with Crippen LogP contribution in [0.25, 0.3) is 0 Å². The summed E-state index contributed by atoms with van der Waals surface area (Å²) in [4.78, 5) is 4.26. The molecule has 0 bridgehead atoms. The minimum atomic E-state index is -0.330. The molecule has 1 atom stereocenters. The second-order valence-electron chi connectivity index (χ2n) is 2.74. The van der Waals surface area contributed by atoms with E-state index in [1.54, 1.807) is 17.4 Å². The highest BCUT2D eigenvalue weighted by molar-refractivity contribution is 7.09. The first-order chi connectivity index (χ1) is 5.72. The van der Waals surface area contributed by atoms with Crippen molar-refractivity contribution in [3.05, 3.63) is 28.7 Å². The maximum atomic E-state index is 9.41. The maximum Gasteiger partial charge on any atom is 0.0897 e. The zero-order chi connectivity index (χ0) is 8.97.